The third-order valence-electron chi connectivity index (χ3n) is 1.67. The van der Waals surface area contributed by atoms with E-state index in [1.165, 1.54) is 0 Å². The third-order valence-corrected chi connectivity index (χ3v) is 1.67. The van der Waals surface area contributed by atoms with Crippen molar-refractivity contribution in [2.75, 3.05) is 6.61 Å². The van der Waals surface area contributed by atoms with E-state index in [1.54, 1.807) is 0 Å². The molecule has 0 aliphatic heterocycles. The molecule has 0 atom stereocenters. The quantitative estimate of drug-likeness (QED) is 0.810. The number of rotatable bonds is 3. The maximum absolute atomic E-state index is 12.9. The highest BCUT2D eigenvalue weighted by molar-refractivity contribution is 5.13. The van der Waals surface area contributed by atoms with Gasteiger partial charge in [0.05, 0.1) is 0 Å². The van der Waals surface area contributed by atoms with Crippen LogP contribution in [-0.2, 0) is 12.1 Å². The van der Waals surface area contributed by atoms with Gasteiger partial charge in [-0.1, -0.05) is 0 Å². The van der Waals surface area contributed by atoms with Gasteiger partial charge in [0.1, 0.15) is 0 Å². The normalized spacial score (nSPS) is 13.2. The number of aliphatic hydroxyl groups excluding tert-OH is 1. The van der Waals surface area contributed by atoms with Crippen molar-refractivity contribution in [1.82, 2.24) is 0 Å². The van der Waals surface area contributed by atoms with Crippen LogP contribution in [0, 0.1) is 0 Å². The van der Waals surface area contributed by atoms with Crippen LogP contribution in [0.3, 0.4) is 0 Å². The van der Waals surface area contributed by atoms with Crippen LogP contribution >= 0.6 is 0 Å². The predicted molar refractivity (Wildman–Crippen MR) is 39.3 cm³/mol. The fourth-order valence-electron chi connectivity index (χ4n) is 0.950. The molecule has 86 valence electrons. The molecule has 15 heavy (non-hydrogen) atoms. The summed E-state index contributed by atoms with van der Waals surface area (Å²) in [6.07, 6.45) is -5.76. The highest BCUT2D eigenvalue weighted by Crippen LogP contribution is 2.37. The molecule has 1 N–H and O–H groups in total. The molecule has 0 saturated carbocycles. The van der Waals surface area contributed by atoms with E-state index in [0.717, 1.165) is 0 Å². The van der Waals surface area contributed by atoms with Crippen LogP contribution in [0.5, 0.6) is 0 Å². The second-order valence-corrected chi connectivity index (χ2v) is 2.84. The summed E-state index contributed by atoms with van der Waals surface area (Å²) in [7, 11) is 0. The number of halogens is 5. The summed E-state index contributed by atoms with van der Waals surface area (Å²) in [6.45, 7) is -0.838. The van der Waals surface area contributed by atoms with Crippen molar-refractivity contribution in [1.29, 1.82) is 0 Å². The molecule has 0 amide bonds. The Hall–Kier alpha value is -1.11. The third kappa shape index (κ3) is 2.68. The lowest BCUT2D eigenvalue weighted by Crippen LogP contribution is -2.14. The summed E-state index contributed by atoms with van der Waals surface area (Å²) < 4.78 is 65.8. The molecular formula is C8H7F5O2. The Balaban J connectivity index is 2.94. The molecule has 0 radical (unpaired) electrons. The van der Waals surface area contributed by atoms with Gasteiger partial charge in [0, 0.05) is 13.0 Å². The minimum Gasteiger partial charge on any atom is -0.450 e. The van der Waals surface area contributed by atoms with Crippen molar-refractivity contribution in [3.05, 3.63) is 23.7 Å². The molecule has 0 bridgehead atoms. The van der Waals surface area contributed by atoms with E-state index in [2.05, 4.69) is 4.42 Å². The van der Waals surface area contributed by atoms with Crippen LogP contribution in [0.15, 0.2) is 16.5 Å². The molecule has 0 spiro atoms. The number of alkyl halides is 5. The van der Waals surface area contributed by atoms with E-state index in [9.17, 15) is 22.0 Å². The SMILES string of the molecule is OCCC(F)(F)c1ccc(C(F)(F)F)o1. The summed E-state index contributed by atoms with van der Waals surface area (Å²) in [5.74, 6) is -6.16. The molecule has 1 rings (SSSR count). The van der Waals surface area contributed by atoms with Crippen LogP contribution < -0.4 is 0 Å². The van der Waals surface area contributed by atoms with Crippen molar-refractivity contribution >= 4 is 0 Å². The zero-order valence-electron chi connectivity index (χ0n) is 7.31. The lowest BCUT2D eigenvalue weighted by molar-refractivity contribution is -0.156. The Morgan fingerprint density at radius 1 is 1.07 bits per heavy atom. The predicted octanol–water partition coefficient (Wildman–Crippen LogP) is 2.77. The van der Waals surface area contributed by atoms with E-state index in [-0.39, 0.29) is 0 Å². The molecule has 1 aromatic heterocycles. The number of furan rings is 1. The fraction of sp³-hybridized carbons (Fsp3) is 0.500. The van der Waals surface area contributed by atoms with Crippen LogP contribution in [0.1, 0.15) is 17.9 Å². The molecule has 1 heterocycles. The van der Waals surface area contributed by atoms with Gasteiger partial charge in [-0.15, -0.1) is 0 Å². The van der Waals surface area contributed by atoms with Crippen molar-refractivity contribution in [2.45, 2.75) is 18.5 Å². The Kier molecular flexibility index (Phi) is 3.03. The first-order valence-electron chi connectivity index (χ1n) is 3.93. The van der Waals surface area contributed by atoms with Crippen LogP contribution in [-0.4, -0.2) is 11.7 Å². The van der Waals surface area contributed by atoms with Gasteiger partial charge in [-0.05, 0) is 12.1 Å². The lowest BCUT2D eigenvalue weighted by atomic mass is 10.2. The van der Waals surface area contributed by atoms with Crippen LogP contribution in [0.2, 0.25) is 0 Å². The average Bonchev–Trinajstić information content (AvgIpc) is 2.50. The van der Waals surface area contributed by atoms with Gasteiger partial charge in [-0.2, -0.15) is 22.0 Å². The second kappa shape index (κ2) is 3.80. The zero-order chi connectivity index (χ0) is 11.7. The molecular weight excluding hydrogens is 223 g/mol. The van der Waals surface area contributed by atoms with Crippen LogP contribution in [0.25, 0.3) is 0 Å². The van der Waals surface area contributed by atoms with Gasteiger partial charge >= 0.3 is 12.1 Å². The first kappa shape index (κ1) is 12.0. The molecule has 0 aliphatic carbocycles. The Labute approximate surface area is 81.3 Å². The molecule has 7 heteroatoms. The summed E-state index contributed by atoms with van der Waals surface area (Å²) in [5.41, 5.74) is 0. The van der Waals surface area contributed by atoms with Gasteiger partial charge < -0.3 is 9.52 Å². The monoisotopic (exact) mass is 230 g/mol. The minimum absolute atomic E-state index is 0.431. The molecule has 0 aromatic carbocycles. The van der Waals surface area contributed by atoms with Gasteiger partial charge in [0.25, 0.3) is 0 Å². The second-order valence-electron chi connectivity index (χ2n) is 2.84. The number of hydrogen-bond acceptors (Lipinski definition) is 2. The number of hydrogen-bond donors (Lipinski definition) is 1. The first-order valence-corrected chi connectivity index (χ1v) is 3.93. The molecule has 0 unspecified atom stereocenters. The molecule has 0 fully saturated rings. The van der Waals surface area contributed by atoms with Gasteiger partial charge in [-0.3, -0.25) is 0 Å². The van der Waals surface area contributed by atoms with E-state index in [4.69, 9.17) is 5.11 Å². The Morgan fingerprint density at radius 3 is 2.00 bits per heavy atom. The standard InChI is InChI=1S/C8H7F5O2/c9-7(10,3-4-14)5-1-2-6(15-5)8(11,12)13/h1-2,14H,3-4H2. The number of aliphatic hydroxyl groups is 1. The van der Waals surface area contributed by atoms with Crippen molar-refractivity contribution < 1.29 is 31.5 Å². The van der Waals surface area contributed by atoms with Crippen molar-refractivity contribution in [3.63, 3.8) is 0 Å². The Bertz CT molecular complexity index is 328. The first-order chi connectivity index (χ1) is 6.77. The maximum atomic E-state index is 12.9. The zero-order valence-corrected chi connectivity index (χ0v) is 7.31. The summed E-state index contributed by atoms with van der Waals surface area (Å²) >= 11 is 0. The minimum atomic E-state index is -4.78. The topological polar surface area (TPSA) is 33.4 Å². The Morgan fingerprint density at radius 2 is 1.60 bits per heavy atom. The van der Waals surface area contributed by atoms with E-state index in [1.807, 2.05) is 0 Å². The highest BCUT2D eigenvalue weighted by Gasteiger charge is 2.40. The molecule has 0 aliphatic rings. The van der Waals surface area contributed by atoms with Crippen LogP contribution in [0.4, 0.5) is 22.0 Å². The summed E-state index contributed by atoms with van der Waals surface area (Å²) in [5, 5.41) is 8.29. The summed E-state index contributed by atoms with van der Waals surface area (Å²) in [4.78, 5) is 0. The van der Waals surface area contributed by atoms with E-state index < -0.39 is 36.6 Å². The average molecular weight is 230 g/mol. The van der Waals surface area contributed by atoms with E-state index >= 15 is 0 Å². The van der Waals surface area contributed by atoms with Gasteiger partial charge in [0.15, 0.2) is 5.76 Å². The van der Waals surface area contributed by atoms with Gasteiger partial charge in [0.2, 0.25) is 5.76 Å². The smallest absolute Gasteiger partial charge is 0.449 e. The molecule has 0 saturated heterocycles. The fourth-order valence-corrected chi connectivity index (χ4v) is 0.950. The lowest BCUT2D eigenvalue weighted by Gasteiger charge is -2.11. The maximum Gasteiger partial charge on any atom is 0.449 e. The molecule has 2 nitrogen and oxygen atoms in total. The van der Waals surface area contributed by atoms with Crippen molar-refractivity contribution in [2.24, 2.45) is 0 Å². The highest BCUT2D eigenvalue weighted by atomic mass is 19.4. The summed E-state index contributed by atoms with van der Waals surface area (Å²) in [6, 6.07) is 0.985. The van der Waals surface area contributed by atoms with Crippen molar-refractivity contribution in [3.8, 4) is 0 Å². The molecule has 1 aromatic rings. The van der Waals surface area contributed by atoms with E-state index in [0.29, 0.717) is 12.1 Å². The van der Waals surface area contributed by atoms with Gasteiger partial charge in [-0.25, -0.2) is 0 Å². The largest absolute Gasteiger partial charge is 0.450 e.